The molecule has 0 bridgehead atoms. The summed E-state index contributed by atoms with van der Waals surface area (Å²) in [5, 5.41) is 11.3. The Hall–Kier alpha value is -4.11. The van der Waals surface area contributed by atoms with E-state index in [0.29, 0.717) is 22.2 Å². The number of methoxy groups -OCH3 is 2. The van der Waals surface area contributed by atoms with E-state index < -0.39 is 23.5 Å². The van der Waals surface area contributed by atoms with Gasteiger partial charge < -0.3 is 19.0 Å². The third-order valence-electron chi connectivity index (χ3n) is 5.95. The predicted octanol–water partition coefficient (Wildman–Crippen LogP) is 5.31. The fourth-order valence-electron chi connectivity index (χ4n) is 4.46. The molecule has 5 rings (SSSR count). The third-order valence-corrected chi connectivity index (χ3v) is 6.95. The standard InChI is InChI=1S/C26H22N2O6S/c1-13-11-14(2)20-18(12-13)35-26(27-20)28-21(15-7-5-8-17(32-3)24(15)33-4)19(23(30)25(28)31)22(29)16-9-6-10-34-16/h5-12,21,30H,1-4H3/t21-/m1/s1. The number of hydrogen-bond donors (Lipinski definition) is 1. The second-order valence-corrected chi connectivity index (χ2v) is 9.16. The number of para-hydroxylation sites is 1. The number of aliphatic hydroxyl groups excluding tert-OH is 1. The van der Waals surface area contributed by atoms with Crippen molar-refractivity contribution in [1.82, 2.24) is 4.98 Å². The smallest absolute Gasteiger partial charge is 0.296 e. The number of aromatic nitrogens is 1. The number of amides is 1. The largest absolute Gasteiger partial charge is 0.503 e. The molecule has 0 radical (unpaired) electrons. The molecule has 1 atom stereocenters. The Morgan fingerprint density at radius 3 is 2.63 bits per heavy atom. The molecular formula is C26H22N2O6S. The highest BCUT2D eigenvalue weighted by Gasteiger charge is 2.47. The second-order valence-electron chi connectivity index (χ2n) is 8.15. The summed E-state index contributed by atoms with van der Waals surface area (Å²) in [4.78, 5) is 33.0. The lowest BCUT2D eigenvalue weighted by molar-refractivity contribution is -0.117. The molecule has 4 aromatic rings. The number of hydrogen-bond acceptors (Lipinski definition) is 8. The zero-order chi connectivity index (χ0) is 24.9. The van der Waals surface area contributed by atoms with E-state index >= 15 is 0 Å². The van der Waals surface area contributed by atoms with E-state index in [9.17, 15) is 14.7 Å². The van der Waals surface area contributed by atoms with Crippen LogP contribution < -0.4 is 14.4 Å². The summed E-state index contributed by atoms with van der Waals surface area (Å²) >= 11 is 1.31. The van der Waals surface area contributed by atoms with Crippen LogP contribution in [0.15, 0.2) is 64.5 Å². The van der Waals surface area contributed by atoms with E-state index in [2.05, 4.69) is 0 Å². The molecule has 1 N–H and O–H groups in total. The summed E-state index contributed by atoms with van der Waals surface area (Å²) in [6.07, 6.45) is 1.36. The van der Waals surface area contributed by atoms with Crippen molar-refractivity contribution >= 4 is 38.4 Å². The molecule has 1 aliphatic heterocycles. The Bertz CT molecular complexity index is 1500. The average molecular weight is 491 g/mol. The molecule has 0 saturated heterocycles. The van der Waals surface area contributed by atoms with Crippen LogP contribution in [0.1, 0.15) is 33.3 Å². The zero-order valence-corrected chi connectivity index (χ0v) is 20.3. The first-order chi connectivity index (χ1) is 16.8. The lowest BCUT2D eigenvalue weighted by Gasteiger charge is -2.26. The van der Waals surface area contributed by atoms with Crippen LogP contribution >= 0.6 is 11.3 Å². The Balaban J connectivity index is 1.75. The molecule has 3 heterocycles. The normalized spacial score (nSPS) is 15.8. The summed E-state index contributed by atoms with van der Waals surface area (Å²) in [6, 6.07) is 11.2. The van der Waals surface area contributed by atoms with Crippen molar-refractivity contribution in [2.75, 3.05) is 19.1 Å². The van der Waals surface area contributed by atoms with Crippen molar-refractivity contribution in [3.05, 3.63) is 82.5 Å². The van der Waals surface area contributed by atoms with Gasteiger partial charge >= 0.3 is 0 Å². The molecular weight excluding hydrogens is 468 g/mol. The number of aliphatic hydroxyl groups is 1. The number of rotatable bonds is 6. The number of ketones is 1. The van der Waals surface area contributed by atoms with E-state index in [0.717, 1.165) is 21.3 Å². The first-order valence-corrected chi connectivity index (χ1v) is 11.6. The van der Waals surface area contributed by atoms with Crippen molar-refractivity contribution in [3.63, 3.8) is 0 Å². The minimum absolute atomic E-state index is 0.00355. The van der Waals surface area contributed by atoms with Gasteiger partial charge in [-0.15, -0.1) is 0 Å². The average Bonchev–Trinajstić information content (AvgIpc) is 3.57. The first kappa shape index (κ1) is 22.7. The number of anilines is 1. The maximum absolute atomic E-state index is 13.5. The first-order valence-electron chi connectivity index (χ1n) is 10.8. The van der Waals surface area contributed by atoms with Crippen LogP contribution in [0.5, 0.6) is 11.5 Å². The van der Waals surface area contributed by atoms with Crippen molar-refractivity contribution < 1.29 is 28.6 Å². The van der Waals surface area contributed by atoms with Gasteiger partial charge in [0, 0.05) is 5.56 Å². The van der Waals surface area contributed by atoms with Gasteiger partial charge in [0.1, 0.15) is 6.04 Å². The molecule has 0 unspecified atom stereocenters. The molecule has 9 heteroatoms. The summed E-state index contributed by atoms with van der Waals surface area (Å²) < 4.78 is 17.3. The lowest BCUT2D eigenvalue weighted by atomic mass is 9.94. The number of aryl methyl sites for hydroxylation is 2. The van der Waals surface area contributed by atoms with Crippen LogP contribution in [0, 0.1) is 13.8 Å². The van der Waals surface area contributed by atoms with E-state index in [1.807, 2.05) is 26.0 Å². The molecule has 1 amide bonds. The number of carbonyl (C=O) groups excluding carboxylic acids is 2. The lowest BCUT2D eigenvalue weighted by Crippen LogP contribution is -2.31. The summed E-state index contributed by atoms with van der Waals surface area (Å²) in [5.41, 5.74) is 3.13. The number of nitrogens with zero attached hydrogens (tertiary/aromatic N) is 2. The highest BCUT2D eigenvalue weighted by molar-refractivity contribution is 7.22. The molecule has 2 aromatic heterocycles. The Morgan fingerprint density at radius 1 is 1.14 bits per heavy atom. The van der Waals surface area contributed by atoms with Gasteiger partial charge in [-0.25, -0.2) is 4.98 Å². The molecule has 8 nitrogen and oxygen atoms in total. The van der Waals surface area contributed by atoms with E-state index in [4.69, 9.17) is 18.9 Å². The molecule has 1 aliphatic rings. The summed E-state index contributed by atoms with van der Waals surface area (Å²) in [5.74, 6) is -1.23. The van der Waals surface area contributed by atoms with Gasteiger partial charge in [-0.3, -0.25) is 14.5 Å². The molecule has 0 spiro atoms. The SMILES string of the molecule is COc1cccc([C@@H]2C(C(=O)c3ccco3)=C(O)C(=O)N2c2nc3c(C)cc(C)cc3s2)c1OC. The number of benzene rings is 2. The van der Waals surface area contributed by atoms with Crippen molar-refractivity contribution in [1.29, 1.82) is 0 Å². The number of furan rings is 1. The summed E-state index contributed by atoms with van der Waals surface area (Å²) in [7, 11) is 2.98. The second kappa shape index (κ2) is 8.59. The number of ether oxygens (including phenoxy) is 2. The monoisotopic (exact) mass is 490 g/mol. The number of carbonyl (C=O) groups is 2. The zero-order valence-electron chi connectivity index (χ0n) is 19.5. The maximum Gasteiger partial charge on any atom is 0.296 e. The fraction of sp³-hybridized carbons (Fsp3) is 0.192. The number of Topliss-reactive ketones (excluding diaryl/α,β-unsaturated/α-hetero) is 1. The van der Waals surface area contributed by atoms with Gasteiger partial charge in [0.25, 0.3) is 5.91 Å². The Kier molecular flexibility index (Phi) is 5.56. The predicted molar refractivity (Wildman–Crippen MR) is 132 cm³/mol. The summed E-state index contributed by atoms with van der Waals surface area (Å²) in [6.45, 7) is 3.94. The molecule has 0 fully saturated rings. The van der Waals surface area contributed by atoms with Gasteiger partial charge in [-0.1, -0.05) is 29.5 Å². The van der Waals surface area contributed by atoms with Crippen molar-refractivity contribution in [2.24, 2.45) is 0 Å². The number of thiazole rings is 1. The highest BCUT2D eigenvalue weighted by Crippen LogP contribution is 2.48. The van der Waals surface area contributed by atoms with Gasteiger partial charge in [0.05, 0.1) is 36.3 Å². The Labute approximate surface area is 205 Å². The van der Waals surface area contributed by atoms with Crippen LogP contribution in [0.2, 0.25) is 0 Å². The van der Waals surface area contributed by atoms with Crippen molar-refractivity contribution in [2.45, 2.75) is 19.9 Å². The van der Waals surface area contributed by atoms with Crippen molar-refractivity contribution in [3.8, 4) is 11.5 Å². The fourth-order valence-corrected chi connectivity index (χ4v) is 5.63. The minimum atomic E-state index is -1.02. The van der Waals surface area contributed by atoms with Crippen LogP contribution in [0.3, 0.4) is 0 Å². The van der Waals surface area contributed by atoms with Gasteiger partial charge in [0.15, 0.2) is 28.1 Å². The molecule has 35 heavy (non-hydrogen) atoms. The van der Waals surface area contributed by atoms with E-state index in [1.54, 1.807) is 24.3 Å². The highest BCUT2D eigenvalue weighted by atomic mass is 32.1. The van der Waals surface area contributed by atoms with Crippen LogP contribution in [0.25, 0.3) is 10.2 Å². The topological polar surface area (TPSA) is 102 Å². The number of fused-ring (bicyclic) bond motifs is 1. The molecule has 2 aromatic carbocycles. The Morgan fingerprint density at radius 2 is 1.94 bits per heavy atom. The van der Waals surface area contributed by atoms with Crippen LogP contribution in [-0.2, 0) is 4.79 Å². The van der Waals surface area contributed by atoms with Crippen LogP contribution in [0.4, 0.5) is 5.13 Å². The molecule has 0 aliphatic carbocycles. The maximum atomic E-state index is 13.5. The quantitative estimate of drug-likeness (QED) is 0.366. The third kappa shape index (κ3) is 3.55. The van der Waals surface area contributed by atoms with Crippen LogP contribution in [-0.4, -0.2) is 36.0 Å². The van der Waals surface area contributed by atoms with E-state index in [1.165, 1.54) is 42.8 Å². The molecule has 0 saturated carbocycles. The van der Waals surface area contributed by atoms with Gasteiger partial charge in [-0.2, -0.15) is 0 Å². The minimum Gasteiger partial charge on any atom is -0.503 e. The molecule has 178 valence electrons. The van der Waals surface area contributed by atoms with E-state index in [-0.39, 0.29) is 11.3 Å². The van der Waals surface area contributed by atoms with Gasteiger partial charge in [-0.05, 0) is 49.2 Å². The van der Waals surface area contributed by atoms with Gasteiger partial charge in [0.2, 0.25) is 5.78 Å².